The van der Waals surface area contributed by atoms with Crippen molar-refractivity contribution in [2.24, 2.45) is 0 Å². The molecule has 0 amide bonds. The molecule has 1 aromatic carbocycles. The molecule has 1 aromatic heterocycles. The molecule has 1 atom stereocenters. The number of pyridine rings is 1. The predicted octanol–water partition coefficient (Wildman–Crippen LogP) is 2.30. The van der Waals surface area contributed by atoms with E-state index in [1.165, 1.54) is 5.56 Å². The second kappa shape index (κ2) is 8.51. The van der Waals surface area contributed by atoms with Crippen LogP contribution in [0.15, 0.2) is 48.8 Å². The third kappa shape index (κ3) is 5.84. The van der Waals surface area contributed by atoms with Crippen LogP contribution in [0.2, 0.25) is 0 Å². The van der Waals surface area contributed by atoms with Crippen molar-refractivity contribution in [3.63, 3.8) is 0 Å². The van der Waals surface area contributed by atoms with Crippen molar-refractivity contribution in [2.75, 3.05) is 26.7 Å². The Labute approximate surface area is 132 Å². The lowest BCUT2D eigenvalue weighted by Crippen LogP contribution is -2.34. The van der Waals surface area contributed by atoms with Gasteiger partial charge in [-0.05, 0) is 55.8 Å². The van der Waals surface area contributed by atoms with E-state index in [-0.39, 0.29) is 0 Å². The highest BCUT2D eigenvalue weighted by Gasteiger charge is 2.09. The summed E-state index contributed by atoms with van der Waals surface area (Å²) in [6.07, 6.45) is 4.06. The summed E-state index contributed by atoms with van der Waals surface area (Å²) in [5.41, 5.74) is 2.41. The van der Waals surface area contributed by atoms with Gasteiger partial charge in [0.05, 0.1) is 0 Å². The summed E-state index contributed by atoms with van der Waals surface area (Å²) in [7, 11) is 2.01. The van der Waals surface area contributed by atoms with Crippen LogP contribution in [0.25, 0.3) is 0 Å². The summed E-state index contributed by atoms with van der Waals surface area (Å²) >= 11 is 0. The van der Waals surface area contributed by atoms with Gasteiger partial charge in [-0.1, -0.05) is 12.1 Å². The van der Waals surface area contributed by atoms with Crippen LogP contribution in [0, 0.1) is 6.92 Å². The van der Waals surface area contributed by atoms with Gasteiger partial charge >= 0.3 is 0 Å². The van der Waals surface area contributed by atoms with Crippen LogP contribution >= 0.6 is 0 Å². The zero-order valence-corrected chi connectivity index (χ0v) is 13.3. The van der Waals surface area contributed by atoms with Crippen molar-refractivity contribution < 1.29 is 9.84 Å². The first kappa shape index (κ1) is 16.5. The van der Waals surface area contributed by atoms with Gasteiger partial charge < -0.3 is 14.7 Å². The summed E-state index contributed by atoms with van der Waals surface area (Å²) in [6, 6.07) is 11.9. The number of ether oxygens (including phenoxy) is 1. The average Bonchev–Trinajstić information content (AvgIpc) is 2.52. The quantitative estimate of drug-likeness (QED) is 0.812. The Morgan fingerprint density at radius 2 is 2.00 bits per heavy atom. The highest BCUT2D eigenvalue weighted by molar-refractivity contribution is 5.27. The maximum Gasteiger partial charge on any atom is 0.119 e. The molecule has 0 aliphatic heterocycles. The molecule has 4 nitrogen and oxygen atoms in total. The van der Waals surface area contributed by atoms with Crippen LogP contribution in [0.1, 0.15) is 11.1 Å². The Kier molecular flexibility index (Phi) is 6.37. The molecule has 0 fully saturated rings. The molecule has 1 unspecified atom stereocenters. The standard InChI is InChI=1S/C18H24N2O2/c1-15-4-3-5-18(12-15)22-14-17(21)13-20(2)11-8-16-6-9-19-10-7-16/h3-7,9-10,12,17,21H,8,11,13-14H2,1-2H3. The monoisotopic (exact) mass is 300 g/mol. The Hall–Kier alpha value is -1.91. The molecule has 1 heterocycles. The summed E-state index contributed by atoms with van der Waals surface area (Å²) in [6.45, 7) is 3.82. The topological polar surface area (TPSA) is 45.6 Å². The summed E-state index contributed by atoms with van der Waals surface area (Å²) in [5.74, 6) is 0.804. The van der Waals surface area contributed by atoms with Gasteiger partial charge in [0.2, 0.25) is 0 Å². The fraction of sp³-hybridized carbons (Fsp3) is 0.389. The van der Waals surface area contributed by atoms with E-state index < -0.39 is 6.10 Å². The second-order valence-corrected chi connectivity index (χ2v) is 5.65. The zero-order valence-electron chi connectivity index (χ0n) is 13.3. The highest BCUT2D eigenvalue weighted by Crippen LogP contribution is 2.12. The molecule has 0 aliphatic rings. The van der Waals surface area contributed by atoms with E-state index in [0.29, 0.717) is 13.2 Å². The molecule has 0 radical (unpaired) electrons. The smallest absolute Gasteiger partial charge is 0.119 e. The number of aliphatic hydroxyl groups is 1. The van der Waals surface area contributed by atoms with E-state index in [4.69, 9.17) is 4.74 Å². The van der Waals surface area contributed by atoms with Gasteiger partial charge in [-0.25, -0.2) is 0 Å². The van der Waals surface area contributed by atoms with Gasteiger partial charge in [0.25, 0.3) is 0 Å². The Morgan fingerprint density at radius 1 is 1.23 bits per heavy atom. The average molecular weight is 300 g/mol. The summed E-state index contributed by atoms with van der Waals surface area (Å²) < 4.78 is 5.63. The Balaban J connectivity index is 1.68. The van der Waals surface area contributed by atoms with Gasteiger partial charge in [-0.3, -0.25) is 4.98 Å². The number of aryl methyl sites for hydroxylation is 1. The van der Waals surface area contributed by atoms with E-state index in [1.54, 1.807) is 12.4 Å². The number of rotatable bonds is 8. The Bertz CT molecular complexity index is 560. The number of hydrogen-bond donors (Lipinski definition) is 1. The maximum atomic E-state index is 10.1. The van der Waals surface area contributed by atoms with Crippen LogP contribution in [0.5, 0.6) is 5.75 Å². The van der Waals surface area contributed by atoms with Crippen LogP contribution in [-0.4, -0.2) is 47.8 Å². The largest absolute Gasteiger partial charge is 0.491 e. The first-order chi connectivity index (χ1) is 10.6. The SMILES string of the molecule is Cc1cccc(OCC(O)CN(C)CCc2ccncc2)c1. The van der Waals surface area contributed by atoms with Crippen LogP contribution < -0.4 is 4.74 Å². The van der Waals surface area contributed by atoms with Crippen molar-refractivity contribution in [1.29, 1.82) is 0 Å². The number of aliphatic hydroxyl groups excluding tert-OH is 1. The molecule has 0 aliphatic carbocycles. The van der Waals surface area contributed by atoms with E-state index in [2.05, 4.69) is 9.88 Å². The van der Waals surface area contributed by atoms with Gasteiger partial charge in [0, 0.05) is 25.5 Å². The molecule has 0 saturated heterocycles. The molecular weight excluding hydrogens is 276 g/mol. The molecule has 2 rings (SSSR count). The van der Waals surface area contributed by atoms with Gasteiger partial charge in [-0.15, -0.1) is 0 Å². The lowest BCUT2D eigenvalue weighted by Gasteiger charge is -2.20. The third-order valence-electron chi connectivity index (χ3n) is 3.49. The first-order valence-electron chi connectivity index (χ1n) is 7.58. The summed E-state index contributed by atoms with van der Waals surface area (Å²) in [4.78, 5) is 6.13. The Morgan fingerprint density at radius 3 is 2.73 bits per heavy atom. The minimum atomic E-state index is -0.497. The molecular formula is C18H24N2O2. The minimum absolute atomic E-state index is 0.309. The number of nitrogens with zero attached hydrogens (tertiary/aromatic N) is 2. The molecule has 4 heteroatoms. The fourth-order valence-electron chi connectivity index (χ4n) is 2.27. The normalized spacial score (nSPS) is 12.4. The van der Waals surface area contributed by atoms with E-state index in [1.807, 2.05) is 50.4 Å². The summed E-state index contributed by atoms with van der Waals surface area (Å²) in [5, 5.41) is 10.1. The number of hydrogen-bond acceptors (Lipinski definition) is 4. The van der Waals surface area contributed by atoms with Crippen LogP contribution in [0.3, 0.4) is 0 Å². The van der Waals surface area contributed by atoms with Gasteiger partial charge in [0.1, 0.15) is 18.5 Å². The maximum absolute atomic E-state index is 10.1. The zero-order chi connectivity index (χ0) is 15.8. The van der Waals surface area contributed by atoms with Gasteiger partial charge in [0.15, 0.2) is 0 Å². The predicted molar refractivity (Wildman–Crippen MR) is 88.1 cm³/mol. The van der Waals surface area contributed by atoms with E-state index in [0.717, 1.165) is 24.3 Å². The van der Waals surface area contributed by atoms with Crippen molar-refractivity contribution in [1.82, 2.24) is 9.88 Å². The van der Waals surface area contributed by atoms with Crippen LogP contribution in [-0.2, 0) is 6.42 Å². The molecule has 0 spiro atoms. The second-order valence-electron chi connectivity index (χ2n) is 5.65. The van der Waals surface area contributed by atoms with Crippen LogP contribution in [0.4, 0.5) is 0 Å². The van der Waals surface area contributed by atoms with Crippen molar-refractivity contribution in [3.05, 3.63) is 59.9 Å². The molecule has 118 valence electrons. The molecule has 1 N–H and O–H groups in total. The lowest BCUT2D eigenvalue weighted by molar-refractivity contribution is 0.0767. The van der Waals surface area contributed by atoms with Crippen molar-refractivity contribution in [2.45, 2.75) is 19.4 Å². The number of benzene rings is 1. The minimum Gasteiger partial charge on any atom is -0.491 e. The third-order valence-corrected chi connectivity index (χ3v) is 3.49. The first-order valence-corrected chi connectivity index (χ1v) is 7.58. The lowest BCUT2D eigenvalue weighted by atomic mass is 10.2. The van der Waals surface area contributed by atoms with Crippen molar-refractivity contribution in [3.8, 4) is 5.75 Å². The molecule has 0 bridgehead atoms. The highest BCUT2D eigenvalue weighted by atomic mass is 16.5. The van der Waals surface area contributed by atoms with Crippen molar-refractivity contribution >= 4 is 0 Å². The van der Waals surface area contributed by atoms with E-state index in [9.17, 15) is 5.11 Å². The fourth-order valence-corrected chi connectivity index (χ4v) is 2.27. The molecule has 22 heavy (non-hydrogen) atoms. The van der Waals surface area contributed by atoms with Gasteiger partial charge in [-0.2, -0.15) is 0 Å². The number of aromatic nitrogens is 1. The molecule has 2 aromatic rings. The van der Waals surface area contributed by atoms with E-state index >= 15 is 0 Å². The number of likely N-dealkylation sites (N-methyl/N-ethyl adjacent to an activating group) is 1. The molecule has 0 saturated carbocycles.